The van der Waals surface area contributed by atoms with E-state index in [-0.39, 0.29) is 5.56 Å². The van der Waals surface area contributed by atoms with Crippen LogP contribution in [0.2, 0.25) is 0 Å². The number of para-hydroxylation sites is 1. The fourth-order valence-electron chi connectivity index (χ4n) is 1.37. The lowest BCUT2D eigenvalue weighted by Crippen LogP contribution is -2.17. The Morgan fingerprint density at radius 2 is 2.00 bits per heavy atom. The van der Waals surface area contributed by atoms with Crippen LogP contribution in [0.25, 0.3) is 0 Å². The summed E-state index contributed by atoms with van der Waals surface area (Å²) >= 11 is 0. The zero-order valence-electron chi connectivity index (χ0n) is 8.32. The van der Waals surface area contributed by atoms with Crippen molar-refractivity contribution in [1.29, 1.82) is 0 Å². The first kappa shape index (κ1) is 12.9. The topological polar surface area (TPSA) is 86.2 Å². The van der Waals surface area contributed by atoms with E-state index in [1.807, 2.05) is 0 Å². The van der Waals surface area contributed by atoms with Crippen LogP contribution in [0.15, 0.2) is 18.2 Å². The van der Waals surface area contributed by atoms with Crippen LogP contribution in [-0.4, -0.2) is 10.8 Å². The highest BCUT2D eigenvalue weighted by Gasteiger charge is 2.39. The predicted octanol–water partition coefficient (Wildman–Crippen LogP) is 1.64. The zero-order valence-corrected chi connectivity index (χ0v) is 8.32. The minimum Gasteiger partial charge on any atom is -0.369 e. The van der Waals surface area contributed by atoms with Crippen LogP contribution in [0.3, 0.4) is 0 Å². The maximum atomic E-state index is 12.5. The third-order valence-electron chi connectivity index (χ3n) is 1.97. The molecule has 2 N–H and O–H groups in total. The SMILES string of the molecule is NC(=O)Cc1cccc(C(F)(F)F)c1[N+](=O)[O-]. The minimum absolute atomic E-state index is 0.350. The molecule has 0 aliphatic rings. The summed E-state index contributed by atoms with van der Waals surface area (Å²) in [6, 6.07) is 2.65. The third kappa shape index (κ3) is 2.92. The lowest BCUT2D eigenvalue weighted by molar-refractivity contribution is -0.388. The van der Waals surface area contributed by atoms with Crippen molar-refractivity contribution in [2.45, 2.75) is 12.6 Å². The number of nitro groups is 1. The lowest BCUT2D eigenvalue weighted by atomic mass is 10.0. The summed E-state index contributed by atoms with van der Waals surface area (Å²) in [5, 5.41) is 10.6. The van der Waals surface area contributed by atoms with E-state index in [1.54, 1.807) is 0 Å². The molecule has 0 heterocycles. The molecule has 8 heteroatoms. The summed E-state index contributed by atoms with van der Waals surface area (Å²) in [4.78, 5) is 20.1. The van der Waals surface area contributed by atoms with Crippen LogP contribution in [0, 0.1) is 10.1 Å². The molecule has 0 saturated heterocycles. The number of carbonyl (C=O) groups is 1. The lowest BCUT2D eigenvalue weighted by Gasteiger charge is -2.09. The van der Waals surface area contributed by atoms with Gasteiger partial charge < -0.3 is 5.73 Å². The maximum absolute atomic E-state index is 12.5. The largest absolute Gasteiger partial charge is 0.423 e. The second kappa shape index (κ2) is 4.40. The van der Waals surface area contributed by atoms with Crippen LogP contribution in [-0.2, 0) is 17.4 Å². The summed E-state index contributed by atoms with van der Waals surface area (Å²) in [6.45, 7) is 0. The number of carbonyl (C=O) groups excluding carboxylic acids is 1. The average Bonchev–Trinajstić information content (AvgIpc) is 2.14. The van der Waals surface area contributed by atoms with Gasteiger partial charge in [0.15, 0.2) is 0 Å². The Hall–Kier alpha value is -2.12. The van der Waals surface area contributed by atoms with Gasteiger partial charge in [-0.05, 0) is 6.07 Å². The quantitative estimate of drug-likeness (QED) is 0.651. The monoisotopic (exact) mass is 248 g/mol. The molecule has 92 valence electrons. The molecule has 0 atom stereocenters. The number of nitrogens with zero attached hydrogens (tertiary/aromatic N) is 1. The maximum Gasteiger partial charge on any atom is 0.423 e. The Morgan fingerprint density at radius 1 is 1.41 bits per heavy atom. The van der Waals surface area contributed by atoms with Gasteiger partial charge in [0.2, 0.25) is 5.91 Å². The molecule has 1 rings (SSSR count). The zero-order chi connectivity index (χ0) is 13.2. The van der Waals surface area contributed by atoms with Crippen molar-refractivity contribution in [3.63, 3.8) is 0 Å². The Bertz CT molecular complexity index is 471. The highest BCUT2D eigenvalue weighted by molar-refractivity contribution is 5.78. The first-order valence-corrected chi connectivity index (χ1v) is 4.35. The normalized spacial score (nSPS) is 11.2. The number of halogens is 3. The number of primary amides is 1. The molecule has 0 saturated carbocycles. The number of rotatable bonds is 3. The molecule has 1 aromatic carbocycles. The molecule has 1 aromatic rings. The van der Waals surface area contributed by atoms with Crippen molar-refractivity contribution < 1.29 is 22.9 Å². The number of amides is 1. The molecular formula is C9H7F3N2O3. The molecule has 0 spiro atoms. The first-order chi connectivity index (χ1) is 7.73. The fraction of sp³-hybridized carbons (Fsp3) is 0.222. The third-order valence-corrected chi connectivity index (χ3v) is 1.97. The van der Waals surface area contributed by atoms with E-state index in [4.69, 9.17) is 5.73 Å². The summed E-state index contributed by atoms with van der Waals surface area (Å²) in [6.07, 6.45) is -5.46. The Kier molecular flexibility index (Phi) is 3.35. The van der Waals surface area contributed by atoms with E-state index in [1.165, 1.54) is 0 Å². The van der Waals surface area contributed by atoms with E-state index in [2.05, 4.69) is 0 Å². The van der Waals surface area contributed by atoms with E-state index >= 15 is 0 Å². The van der Waals surface area contributed by atoms with Crippen molar-refractivity contribution >= 4 is 11.6 Å². The number of nitro benzene ring substituents is 1. The van der Waals surface area contributed by atoms with Gasteiger partial charge in [0.1, 0.15) is 5.56 Å². The van der Waals surface area contributed by atoms with Crippen LogP contribution in [0.5, 0.6) is 0 Å². The van der Waals surface area contributed by atoms with Crippen molar-refractivity contribution in [3.8, 4) is 0 Å². The molecule has 1 amide bonds. The van der Waals surface area contributed by atoms with E-state index in [0.29, 0.717) is 6.07 Å². The van der Waals surface area contributed by atoms with Gasteiger partial charge in [0.05, 0.1) is 11.3 Å². The summed E-state index contributed by atoms with van der Waals surface area (Å²) in [5.74, 6) is -0.938. The second-order valence-electron chi connectivity index (χ2n) is 3.21. The van der Waals surface area contributed by atoms with E-state index in [9.17, 15) is 28.1 Å². The van der Waals surface area contributed by atoms with Crippen LogP contribution >= 0.6 is 0 Å². The van der Waals surface area contributed by atoms with Crippen molar-refractivity contribution in [1.82, 2.24) is 0 Å². The van der Waals surface area contributed by atoms with Gasteiger partial charge in [-0.2, -0.15) is 13.2 Å². The molecule has 0 unspecified atom stereocenters. The molecule has 0 aliphatic carbocycles. The van der Waals surface area contributed by atoms with Crippen LogP contribution in [0.1, 0.15) is 11.1 Å². The number of nitrogens with two attached hydrogens (primary N) is 1. The van der Waals surface area contributed by atoms with Gasteiger partial charge in [0, 0.05) is 5.56 Å². The number of hydrogen-bond donors (Lipinski definition) is 1. The minimum atomic E-state index is -4.85. The second-order valence-corrected chi connectivity index (χ2v) is 3.21. The fourth-order valence-corrected chi connectivity index (χ4v) is 1.37. The number of alkyl halides is 3. The van der Waals surface area contributed by atoms with Gasteiger partial charge in [-0.15, -0.1) is 0 Å². The van der Waals surface area contributed by atoms with E-state index in [0.717, 1.165) is 12.1 Å². The van der Waals surface area contributed by atoms with Crippen molar-refractivity contribution in [2.75, 3.05) is 0 Å². The molecular weight excluding hydrogens is 241 g/mol. The Labute approximate surface area is 93.2 Å². The standard InChI is InChI=1S/C9H7F3N2O3/c10-9(11,12)6-3-1-2-5(4-7(13)15)8(6)14(16)17/h1-3H,4H2,(H2,13,15). The number of hydrogen-bond acceptors (Lipinski definition) is 3. The molecule has 0 aromatic heterocycles. The Morgan fingerprint density at radius 3 is 2.41 bits per heavy atom. The van der Waals surface area contributed by atoms with Gasteiger partial charge in [-0.3, -0.25) is 14.9 Å². The van der Waals surface area contributed by atoms with Crippen molar-refractivity contribution in [3.05, 3.63) is 39.4 Å². The van der Waals surface area contributed by atoms with Crippen LogP contribution < -0.4 is 5.73 Å². The molecule has 0 aliphatic heterocycles. The average molecular weight is 248 g/mol. The van der Waals surface area contributed by atoms with Gasteiger partial charge in [-0.1, -0.05) is 12.1 Å². The highest BCUT2D eigenvalue weighted by atomic mass is 19.4. The van der Waals surface area contributed by atoms with E-state index < -0.39 is 34.7 Å². The summed E-state index contributed by atoms with van der Waals surface area (Å²) < 4.78 is 37.5. The highest BCUT2D eigenvalue weighted by Crippen LogP contribution is 2.37. The van der Waals surface area contributed by atoms with Crippen LogP contribution in [0.4, 0.5) is 18.9 Å². The van der Waals surface area contributed by atoms with Crippen molar-refractivity contribution in [2.24, 2.45) is 5.73 Å². The molecule has 0 fully saturated rings. The molecule has 17 heavy (non-hydrogen) atoms. The number of benzene rings is 1. The summed E-state index contributed by atoms with van der Waals surface area (Å²) in [5.41, 5.74) is 1.95. The Balaban J connectivity index is 3.43. The first-order valence-electron chi connectivity index (χ1n) is 4.35. The van der Waals surface area contributed by atoms with Gasteiger partial charge >= 0.3 is 6.18 Å². The molecule has 0 radical (unpaired) electrons. The predicted molar refractivity (Wildman–Crippen MR) is 51.0 cm³/mol. The van der Waals surface area contributed by atoms with Gasteiger partial charge in [-0.25, -0.2) is 0 Å². The molecule has 0 bridgehead atoms. The molecule has 5 nitrogen and oxygen atoms in total. The van der Waals surface area contributed by atoms with Gasteiger partial charge in [0.25, 0.3) is 5.69 Å². The smallest absolute Gasteiger partial charge is 0.369 e. The summed E-state index contributed by atoms with van der Waals surface area (Å²) in [7, 11) is 0.